The van der Waals surface area contributed by atoms with Crippen molar-refractivity contribution >= 4 is 92.9 Å². The lowest BCUT2D eigenvalue weighted by Gasteiger charge is -2.21. The Morgan fingerprint density at radius 3 is 1.26 bits per heavy atom. The van der Waals surface area contributed by atoms with Crippen molar-refractivity contribution in [2.24, 2.45) is 5.92 Å². The van der Waals surface area contributed by atoms with E-state index in [0.29, 0.717) is 113 Å². The zero-order valence-corrected chi connectivity index (χ0v) is 36.9. The number of nitrogens with one attached hydrogen (secondary N) is 6. The fourth-order valence-electron chi connectivity index (χ4n) is 5.92. The highest BCUT2D eigenvalue weighted by molar-refractivity contribution is 6.34. The Morgan fingerprint density at radius 1 is 0.452 bits per heavy atom. The highest BCUT2D eigenvalue weighted by Gasteiger charge is 2.21. The zero-order valence-electron chi connectivity index (χ0n) is 36.9. The monoisotopic (exact) mass is 860 g/mol. The van der Waals surface area contributed by atoms with Gasteiger partial charge < -0.3 is 41.3 Å². The second-order valence-electron chi connectivity index (χ2n) is 15.5. The van der Waals surface area contributed by atoms with Gasteiger partial charge in [0, 0.05) is 64.2 Å². The largest absolute Gasteiger partial charge is 0.449 e. The maximum absolute atomic E-state index is 13.1. The smallest absolute Gasteiger partial charge is 0.242 e. The van der Waals surface area contributed by atoms with Gasteiger partial charge in [0.2, 0.25) is 75.3 Å². The van der Waals surface area contributed by atoms with E-state index in [1.807, 2.05) is 19.1 Å². The third-order valence-corrected chi connectivity index (χ3v) is 9.61. The molecule has 0 saturated carbocycles. The standard InChI is InChI=1S/C39H66B5N9O9/c1-29(2)31(54)17-6-3-14-25-48-39(62)30(49-32(55)18-9-10-19-33(56)50-40)16-11-15-24-47-36(59)28-51(26-34(57)45-22-12-4-7-20-37(60)52(41)42)27-35(58)46-23-13-5-8-21-38(61)53(43)44/h29-30H,3-28H2,1-2H3,(H,45,57)(H,46,58)(H,47,59)(H,48,62)(H,49,55)(H,50,56)/t30-/m0/s1. The lowest BCUT2D eigenvalue weighted by molar-refractivity contribution is -0.129. The van der Waals surface area contributed by atoms with E-state index in [1.165, 1.54) is 4.90 Å². The van der Waals surface area contributed by atoms with Crippen LogP contribution < -0.4 is 31.8 Å². The molecule has 1 atom stereocenters. The van der Waals surface area contributed by atoms with Crippen molar-refractivity contribution < 1.29 is 43.2 Å². The molecular formula is C39H66B5N9O9. The van der Waals surface area contributed by atoms with Crippen molar-refractivity contribution in [3.05, 3.63) is 0 Å². The van der Waals surface area contributed by atoms with Gasteiger partial charge in [-0.05, 0) is 70.6 Å². The normalized spacial score (nSPS) is 11.3. The molecule has 0 aromatic rings. The summed E-state index contributed by atoms with van der Waals surface area (Å²) in [5, 5.41) is 16.0. The van der Waals surface area contributed by atoms with Crippen LogP contribution in [0.1, 0.15) is 136 Å². The fourth-order valence-corrected chi connectivity index (χ4v) is 5.92. The minimum Gasteiger partial charge on any atom is -0.449 e. The van der Waals surface area contributed by atoms with Crippen LogP contribution in [0.5, 0.6) is 0 Å². The Bertz CT molecular complexity index is 1350. The molecule has 8 amide bonds. The number of Topliss-reactive ketones (excluding diaryl/α,β-unsaturated/α-hetero) is 1. The molecule has 0 bridgehead atoms. The quantitative estimate of drug-likeness (QED) is 0.0332. The number of nitrogens with zero attached hydrogens (tertiary/aromatic N) is 3. The summed E-state index contributed by atoms with van der Waals surface area (Å²) in [6, 6.07) is -0.824. The molecule has 0 fully saturated rings. The number of carbonyl (C=O) groups is 9. The van der Waals surface area contributed by atoms with Gasteiger partial charge in [-0.3, -0.25) is 48.1 Å². The molecule has 0 aliphatic carbocycles. The summed E-state index contributed by atoms with van der Waals surface area (Å²) in [6.45, 7) is 4.24. The first-order chi connectivity index (χ1) is 29.5. The van der Waals surface area contributed by atoms with Crippen LogP contribution in [0, 0.1) is 5.92 Å². The van der Waals surface area contributed by atoms with E-state index in [0.717, 1.165) is 12.8 Å². The molecule has 18 nitrogen and oxygen atoms in total. The van der Waals surface area contributed by atoms with Gasteiger partial charge in [-0.1, -0.05) is 33.1 Å². The van der Waals surface area contributed by atoms with E-state index < -0.39 is 35.6 Å². The minimum absolute atomic E-state index is 0.0133. The van der Waals surface area contributed by atoms with Crippen LogP contribution in [-0.2, 0) is 43.2 Å². The first-order valence-corrected chi connectivity index (χ1v) is 21.7. The van der Waals surface area contributed by atoms with Gasteiger partial charge in [0.05, 0.1) is 19.6 Å². The summed E-state index contributed by atoms with van der Waals surface area (Å²) < 4.78 is 1.07. The van der Waals surface area contributed by atoms with Crippen molar-refractivity contribution in [2.45, 2.75) is 142 Å². The number of amides is 8. The van der Waals surface area contributed by atoms with E-state index in [1.54, 1.807) is 0 Å². The molecule has 0 unspecified atom stereocenters. The Kier molecular flexibility index (Phi) is 33.7. The van der Waals surface area contributed by atoms with Crippen molar-refractivity contribution in [3.8, 4) is 0 Å². The first kappa shape index (κ1) is 57.7. The molecule has 6 N–H and O–H groups in total. The van der Waals surface area contributed by atoms with Gasteiger partial charge >= 0.3 is 0 Å². The Labute approximate surface area is 375 Å². The van der Waals surface area contributed by atoms with Crippen LogP contribution in [0.2, 0.25) is 0 Å². The Hall–Kier alpha value is -4.29. The highest BCUT2D eigenvalue weighted by atomic mass is 16.2. The second kappa shape index (κ2) is 36.2. The van der Waals surface area contributed by atoms with Crippen LogP contribution >= 0.6 is 0 Å². The van der Waals surface area contributed by atoms with Gasteiger partial charge in [0.15, 0.2) is 11.8 Å². The number of ketones is 1. The summed E-state index contributed by atoms with van der Waals surface area (Å²) in [6.07, 6.45) is 8.90. The number of carbonyl (C=O) groups excluding carboxylic acids is 9. The molecule has 10 radical (unpaired) electrons. The summed E-state index contributed by atoms with van der Waals surface area (Å²) in [7, 11) is 25.9. The number of hydrogen-bond acceptors (Lipinski definition) is 10. The van der Waals surface area contributed by atoms with Crippen molar-refractivity contribution in [2.75, 3.05) is 45.8 Å². The molecule has 0 saturated heterocycles. The maximum atomic E-state index is 13.1. The molecule has 23 heteroatoms. The van der Waals surface area contributed by atoms with Crippen LogP contribution in [0.3, 0.4) is 0 Å². The van der Waals surface area contributed by atoms with Gasteiger partial charge in [-0.25, -0.2) is 0 Å². The third kappa shape index (κ3) is 32.4. The number of unbranched alkanes of at least 4 members (excludes halogenated alkanes) is 8. The molecule has 336 valence electrons. The van der Waals surface area contributed by atoms with E-state index >= 15 is 0 Å². The molecule has 0 rings (SSSR count). The van der Waals surface area contributed by atoms with Gasteiger partial charge in [0.1, 0.15) is 11.8 Å². The SMILES string of the molecule is [B]NC(=O)CCCCC(=O)N[C@@H](CCCCNC(=O)CN(CC(=O)NCCCCCC(=O)N([B])[B])CC(=O)NCCCCCC(=O)N([B])[B])C(=O)NCCCCCC(=O)C(C)C. The molecule has 0 aliphatic heterocycles. The summed E-state index contributed by atoms with van der Waals surface area (Å²) in [5.74, 6) is -2.86. The lowest BCUT2D eigenvalue weighted by atomic mass is 10.0. The Morgan fingerprint density at radius 2 is 0.839 bits per heavy atom. The average molecular weight is 859 g/mol. The minimum atomic E-state index is -0.824. The summed E-state index contributed by atoms with van der Waals surface area (Å²) in [4.78, 5) is 112. The maximum Gasteiger partial charge on any atom is 0.242 e. The highest BCUT2D eigenvalue weighted by Crippen LogP contribution is 2.08. The molecule has 0 aliphatic rings. The zero-order chi connectivity index (χ0) is 46.7. The Balaban J connectivity index is 5.16. The van der Waals surface area contributed by atoms with E-state index in [2.05, 4.69) is 26.6 Å². The number of rotatable bonds is 37. The summed E-state index contributed by atoms with van der Waals surface area (Å²) in [5.41, 5.74) is 0. The van der Waals surface area contributed by atoms with Crippen LogP contribution in [-0.4, -0.2) is 159 Å². The lowest BCUT2D eigenvalue weighted by Crippen LogP contribution is -2.47. The first-order valence-electron chi connectivity index (χ1n) is 21.7. The van der Waals surface area contributed by atoms with Crippen molar-refractivity contribution in [3.63, 3.8) is 0 Å². The van der Waals surface area contributed by atoms with Crippen molar-refractivity contribution in [1.82, 2.24) is 46.2 Å². The molecule has 0 aromatic heterocycles. The topological polar surface area (TPSA) is 236 Å². The van der Waals surface area contributed by atoms with Crippen LogP contribution in [0.15, 0.2) is 0 Å². The third-order valence-electron chi connectivity index (χ3n) is 9.61. The van der Waals surface area contributed by atoms with E-state index in [4.69, 9.17) is 39.9 Å². The van der Waals surface area contributed by atoms with Gasteiger partial charge in [-0.15, -0.1) is 0 Å². The van der Waals surface area contributed by atoms with Crippen molar-refractivity contribution in [1.29, 1.82) is 0 Å². The molecule has 0 spiro atoms. The predicted molar refractivity (Wildman–Crippen MR) is 239 cm³/mol. The summed E-state index contributed by atoms with van der Waals surface area (Å²) >= 11 is 0. The molecular weight excluding hydrogens is 793 g/mol. The van der Waals surface area contributed by atoms with Crippen LogP contribution in [0.25, 0.3) is 0 Å². The second-order valence-corrected chi connectivity index (χ2v) is 15.5. The van der Waals surface area contributed by atoms with Crippen LogP contribution in [0.4, 0.5) is 0 Å². The predicted octanol–water partition coefficient (Wildman–Crippen LogP) is -0.934. The van der Waals surface area contributed by atoms with Gasteiger partial charge in [-0.2, -0.15) is 0 Å². The average Bonchev–Trinajstić information content (AvgIpc) is 3.21. The van der Waals surface area contributed by atoms with E-state index in [-0.39, 0.29) is 81.3 Å². The molecule has 0 aromatic carbocycles. The molecule has 0 heterocycles. The molecule has 62 heavy (non-hydrogen) atoms. The number of hydrogen-bond donors (Lipinski definition) is 6. The van der Waals surface area contributed by atoms with Gasteiger partial charge in [0.25, 0.3) is 0 Å². The fraction of sp³-hybridized carbons (Fsp3) is 0.769. The van der Waals surface area contributed by atoms with E-state index in [9.17, 15) is 43.2 Å².